The lowest BCUT2D eigenvalue weighted by Crippen LogP contribution is -2.12. The zero-order valence-electron chi connectivity index (χ0n) is 8.64. The maximum Gasteiger partial charge on any atom is 0.137 e. The van der Waals surface area contributed by atoms with E-state index >= 15 is 0 Å². The molecule has 0 atom stereocenters. The molecule has 0 aliphatic rings. The minimum atomic E-state index is 0. The van der Waals surface area contributed by atoms with Gasteiger partial charge in [0, 0.05) is 16.6 Å². The highest BCUT2D eigenvalue weighted by atomic mass is 79.9. The number of methoxy groups -OCH3 is 1. The van der Waals surface area contributed by atoms with Crippen molar-refractivity contribution in [2.75, 3.05) is 13.7 Å². The van der Waals surface area contributed by atoms with Crippen LogP contribution in [-0.2, 0) is 6.54 Å². The van der Waals surface area contributed by atoms with E-state index in [2.05, 4.69) is 50.2 Å². The summed E-state index contributed by atoms with van der Waals surface area (Å²) in [5, 5.41) is 3.27. The SMILES string of the molecule is CCNCc1cc(Br)cc(Br)c1OC.Cl. The van der Waals surface area contributed by atoms with E-state index in [0.29, 0.717) is 0 Å². The van der Waals surface area contributed by atoms with Crippen molar-refractivity contribution in [2.24, 2.45) is 0 Å². The van der Waals surface area contributed by atoms with Crippen molar-refractivity contribution in [3.8, 4) is 5.75 Å². The summed E-state index contributed by atoms with van der Waals surface area (Å²) in [6.45, 7) is 3.85. The summed E-state index contributed by atoms with van der Waals surface area (Å²) in [6, 6.07) is 4.04. The van der Waals surface area contributed by atoms with E-state index in [-0.39, 0.29) is 12.4 Å². The van der Waals surface area contributed by atoms with Gasteiger partial charge in [0.2, 0.25) is 0 Å². The third-order valence-electron chi connectivity index (χ3n) is 1.85. The van der Waals surface area contributed by atoms with Gasteiger partial charge < -0.3 is 10.1 Å². The van der Waals surface area contributed by atoms with Gasteiger partial charge in [-0.25, -0.2) is 0 Å². The molecule has 0 aliphatic carbocycles. The fourth-order valence-corrected chi connectivity index (χ4v) is 2.71. The molecule has 5 heteroatoms. The van der Waals surface area contributed by atoms with Crippen LogP contribution in [0.3, 0.4) is 0 Å². The molecule has 0 fully saturated rings. The van der Waals surface area contributed by atoms with Crippen LogP contribution in [0, 0.1) is 0 Å². The van der Waals surface area contributed by atoms with Crippen LogP contribution in [0.2, 0.25) is 0 Å². The largest absolute Gasteiger partial charge is 0.495 e. The molecule has 0 aliphatic heterocycles. The van der Waals surface area contributed by atoms with E-state index in [1.807, 2.05) is 6.07 Å². The normalized spacial score (nSPS) is 9.60. The van der Waals surface area contributed by atoms with Crippen molar-refractivity contribution in [1.82, 2.24) is 5.32 Å². The molecular formula is C10H14Br2ClNO. The minimum Gasteiger partial charge on any atom is -0.495 e. The van der Waals surface area contributed by atoms with Crippen molar-refractivity contribution < 1.29 is 4.74 Å². The van der Waals surface area contributed by atoms with Crippen molar-refractivity contribution in [1.29, 1.82) is 0 Å². The Kier molecular flexibility index (Phi) is 7.61. The third kappa shape index (κ3) is 4.31. The Hall–Kier alpha value is 0.230. The smallest absolute Gasteiger partial charge is 0.137 e. The molecule has 0 unspecified atom stereocenters. The molecule has 1 aromatic carbocycles. The number of halogens is 3. The first-order valence-electron chi connectivity index (χ1n) is 4.41. The summed E-state index contributed by atoms with van der Waals surface area (Å²) in [6.07, 6.45) is 0. The van der Waals surface area contributed by atoms with E-state index < -0.39 is 0 Å². The van der Waals surface area contributed by atoms with Gasteiger partial charge in [-0.1, -0.05) is 22.9 Å². The molecule has 1 aromatic rings. The average Bonchev–Trinajstić information content (AvgIpc) is 2.14. The average molecular weight is 359 g/mol. The fourth-order valence-electron chi connectivity index (χ4n) is 1.23. The number of nitrogens with one attached hydrogen (secondary N) is 1. The number of hydrogen-bond acceptors (Lipinski definition) is 2. The van der Waals surface area contributed by atoms with Crippen LogP contribution in [0.5, 0.6) is 5.75 Å². The Labute approximate surface area is 113 Å². The maximum atomic E-state index is 5.32. The third-order valence-corrected chi connectivity index (χ3v) is 2.90. The monoisotopic (exact) mass is 357 g/mol. The molecule has 0 aromatic heterocycles. The minimum absolute atomic E-state index is 0. The molecule has 0 saturated carbocycles. The van der Waals surface area contributed by atoms with Crippen LogP contribution in [0.25, 0.3) is 0 Å². The van der Waals surface area contributed by atoms with E-state index in [1.54, 1.807) is 7.11 Å². The molecular weight excluding hydrogens is 345 g/mol. The van der Waals surface area contributed by atoms with E-state index in [4.69, 9.17) is 4.74 Å². The van der Waals surface area contributed by atoms with Gasteiger partial charge in [-0.05, 0) is 34.6 Å². The lowest BCUT2D eigenvalue weighted by atomic mass is 10.2. The molecule has 0 heterocycles. The van der Waals surface area contributed by atoms with Crippen molar-refractivity contribution in [3.05, 3.63) is 26.6 Å². The van der Waals surface area contributed by atoms with Gasteiger partial charge in [-0.3, -0.25) is 0 Å². The van der Waals surface area contributed by atoms with Crippen LogP contribution < -0.4 is 10.1 Å². The number of hydrogen-bond donors (Lipinski definition) is 1. The lowest BCUT2D eigenvalue weighted by molar-refractivity contribution is 0.405. The highest BCUT2D eigenvalue weighted by Gasteiger charge is 2.08. The van der Waals surface area contributed by atoms with Crippen LogP contribution in [0.1, 0.15) is 12.5 Å². The first-order valence-corrected chi connectivity index (χ1v) is 6.00. The second-order valence-corrected chi connectivity index (χ2v) is 4.63. The van der Waals surface area contributed by atoms with Crippen molar-refractivity contribution in [3.63, 3.8) is 0 Å². The van der Waals surface area contributed by atoms with Gasteiger partial charge in [0.25, 0.3) is 0 Å². The first kappa shape index (κ1) is 15.2. The summed E-state index contributed by atoms with van der Waals surface area (Å²) in [5.74, 6) is 0.897. The molecule has 0 radical (unpaired) electrons. The number of benzene rings is 1. The van der Waals surface area contributed by atoms with Gasteiger partial charge in [0.05, 0.1) is 11.6 Å². The standard InChI is InChI=1S/C10H13Br2NO.ClH/c1-3-13-6-7-4-8(11)5-9(12)10(7)14-2;/h4-5,13H,3,6H2,1-2H3;1H. The van der Waals surface area contributed by atoms with E-state index in [0.717, 1.165) is 33.3 Å². The van der Waals surface area contributed by atoms with Gasteiger partial charge in [0.15, 0.2) is 0 Å². The van der Waals surface area contributed by atoms with Crippen molar-refractivity contribution >= 4 is 44.3 Å². The summed E-state index contributed by atoms with van der Waals surface area (Å²) in [5.41, 5.74) is 1.15. The Bertz CT molecular complexity index is 321. The highest BCUT2D eigenvalue weighted by molar-refractivity contribution is 9.11. The molecule has 86 valence electrons. The Balaban J connectivity index is 0.00000196. The molecule has 1 rings (SSSR count). The fraction of sp³-hybridized carbons (Fsp3) is 0.400. The molecule has 0 bridgehead atoms. The molecule has 15 heavy (non-hydrogen) atoms. The van der Waals surface area contributed by atoms with Crippen LogP contribution in [0.4, 0.5) is 0 Å². The van der Waals surface area contributed by atoms with Crippen molar-refractivity contribution in [2.45, 2.75) is 13.5 Å². The zero-order valence-corrected chi connectivity index (χ0v) is 12.6. The lowest BCUT2D eigenvalue weighted by Gasteiger charge is -2.11. The predicted molar refractivity (Wildman–Crippen MR) is 73.0 cm³/mol. The highest BCUT2D eigenvalue weighted by Crippen LogP contribution is 2.32. The summed E-state index contributed by atoms with van der Waals surface area (Å²) >= 11 is 6.92. The Morgan fingerprint density at radius 3 is 2.53 bits per heavy atom. The molecule has 0 saturated heterocycles. The topological polar surface area (TPSA) is 21.3 Å². The maximum absolute atomic E-state index is 5.32. The zero-order chi connectivity index (χ0) is 10.6. The van der Waals surface area contributed by atoms with Crippen LogP contribution in [-0.4, -0.2) is 13.7 Å². The Morgan fingerprint density at radius 1 is 1.33 bits per heavy atom. The van der Waals surface area contributed by atoms with E-state index in [9.17, 15) is 0 Å². The van der Waals surface area contributed by atoms with Gasteiger partial charge >= 0.3 is 0 Å². The second-order valence-electron chi connectivity index (χ2n) is 2.86. The molecule has 1 N–H and O–H groups in total. The Morgan fingerprint density at radius 2 is 2.00 bits per heavy atom. The van der Waals surface area contributed by atoms with Gasteiger partial charge in [-0.15, -0.1) is 12.4 Å². The molecule has 0 amide bonds. The predicted octanol–water partition coefficient (Wildman–Crippen LogP) is 3.75. The first-order chi connectivity index (χ1) is 6.69. The van der Waals surface area contributed by atoms with Crippen LogP contribution >= 0.6 is 44.3 Å². The summed E-state index contributed by atoms with van der Waals surface area (Å²) in [4.78, 5) is 0. The summed E-state index contributed by atoms with van der Waals surface area (Å²) < 4.78 is 7.35. The molecule has 0 spiro atoms. The van der Waals surface area contributed by atoms with Gasteiger partial charge in [-0.2, -0.15) is 0 Å². The summed E-state index contributed by atoms with van der Waals surface area (Å²) in [7, 11) is 1.68. The van der Waals surface area contributed by atoms with Crippen LogP contribution in [0.15, 0.2) is 21.1 Å². The quantitative estimate of drug-likeness (QED) is 0.884. The second kappa shape index (κ2) is 7.49. The molecule has 2 nitrogen and oxygen atoms in total. The van der Waals surface area contributed by atoms with Gasteiger partial charge in [0.1, 0.15) is 5.75 Å². The number of rotatable bonds is 4. The van der Waals surface area contributed by atoms with E-state index in [1.165, 1.54) is 0 Å². The number of ether oxygens (including phenoxy) is 1.